The largest absolute Gasteiger partial charge is 0.481 e. The van der Waals surface area contributed by atoms with Crippen molar-refractivity contribution < 1.29 is 19.4 Å². The number of carboxylic acids is 1. The lowest BCUT2D eigenvalue weighted by Crippen LogP contribution is -2.43. The molecule has 1 aromatic heterocycles. The van der Waals surface area contributed by atoms with Crippen LogP contribution in [0.15, 0.2) is 6.20 Å². The molecule has 7 nitrogen and oxygen atoms in total. The molecule has 0 spiro atoms. The second-order valence-corrected chi connectivity index (χ2v) is 7.46. The zero-order chi connectivity index (χ0) is 16.8. The number of hydrogen-bond donors (Lipinski definition) is 1. The van der Waals surface area contributed by atoms with Gasteiger partial charge in [-0.1, -0.05) is 0 Å². The SMILES string of the molecule is CC(C)(C)OC(=O)N1Cc2cn(CC3CC3)nc2C(C(=O)O)C1. The molecule has 0 aromatic carbocycles. The molecule has 2 heterocycles. The van der Waals surface area contributed by atoms with E-state index in [-0.39, 0.29) is 6.54 Å². The lowest BCUT2D eigenvalue weighted by atomic mass is 9.97. The van der Waals surface area contributed by atoms with Crippen LogP contribution in [0.3, 0.4) is 0 Å². The number of rotatable bonds is 3. The van der Waals surface area contributed by atoms with E-state index in [0.717, 1.165) is 12.1 Å². The number of ether oxygens (including phenoxy) is 1. The summed E-state index contributed by atoms with van der Waals surface area (Å²) in [5.74, 6) is -1.11. The van der Waals surface area contributed by atoms with Crippen molar-refractivity contribution >= 4 is 12.1 Å². The molecule has 126 valence electrons. The van der Waals surface area contributed by atoms with E-state index in [9.17, 15) is 14.7 Å². The molecule has 1 N–H and O–H groups in total. The van der Waals surface area contributed by atoms with Crippen molar-refractivity contribution in [3.05, 3.63) is 17.5 Å². The van der Waals surface area contributed by atoms with Crippen LogP contribution in [0.4, 0.5) is 4.79 Å². The van der Waals surface area contributed by atoms with E-state index in [1.54, 1.807) is 20.8 Å². The van der Waals surface area contributed by atoms with E-state index in [2.05, 4.69) is 5.10 Å². The van der Waals surface area contributed by atoms with Gasteiger partial charge in [0.15, 0.2) is 0 Å². The molecule has 1 aliphatic carbocycles. The van der Waals surface area contributed by atoms with Gasteiger partial charge in [0.1, 0.15) is 11.5 Å². The van der Waals surface area contributed by atoms with E-state index >= 15 is 0 Å². The smallest absolute Gasteiger partial charge is 0.410 e. The van der Waals surface area contributed by atoms with Gasteiger partial charge in [0.25, 0.3) is 0 Å². The van der Waals surface area contributed by atoms with Gasteiger partial charge in [-0.15, -0.1) is 0 Å². The highest BCUT2D eigenvalue weighted by atomic mass is 16.6. The molecule has 1 aromatic rings. The molecule has 1 atom stereocenters. The fraction of sp³-hybridized carbons (Fsp3) is 0.688. The van der Waals surface area contributed by atoms with Gasteiger partial charge in [-0.3, -0.25) is 9.48 Å². The molecule has 3 rings (SSSR count). The summed E-state index contributed by atoms with van der Waals surface area (Å²) < 4.78 is 7.20. The number of hydrogen-bond acceptors (Lipinski definition) is 4. The molecular weight excluding hydrogens is 298 g/mol. The summed E-state index contributed by atoms with van der Waals surface area (Å²) in [5, 5.41) is 14.0. The molecule has 0 bridgehead atoms. The van der Waals surface area contributed by atoms with Crippen LogP contribution in [0.5, 0.6) is 0 Å². The summed E-state index contributed by atoms with van der Waals surface area (Å²) in [7, 11) is 0. The lowest BCUT2D eigenvalue weighted by molar-refractivity contribution is -0.139. The number of fused-ring (bicyclic) bond motifs is 1. The molecule has 1 aliphatic heterocycles. The zero-order valence-electron chi connectivity index (χ0n) is 13.8. The standard InChI is InChI=1S/C16H23N3O4/c1-16(2,3)23-15(22)18-7-11-8-19(6-10-4-5-10)17-13(11)12(9-18)14(20)21/h8,10,12H,4-7,9H2,1-3H3,(H,20,21). The molecule has 2 aliphatic rings. The minimum Gasteiger partial charge on any atom is -0.481 e. The number of carbonyl (C=O) groups excluding carboxylic acids is 1. The molecule has 0 radical (unpaired) electrons. The normalized spacial score (nSPS) is 21.0. The third kappa shape index (κ3) is 3.65. The van der Waals surface area contributed by atoms with Gasteiger partial charge in [-0.2, -0.15) is 5.10 Å². The number of nitrogens with zero attached hydrogens (tertiary/aromatic N) is 3. The van der Waals surface area contributed by atoms with Gasteiger partial charge in [0, 0.05) is 24.8 Å². The Morgan fingerprint density at radius 3 is 2.65 bits per heavy atom. The first-order valence-electron chi connectivity index (χ1n) is 8.00. The van der Waals surface area contributed by atoms with Gasteiger partial charge in [0.05, 0.1) is 12.2 Å². The Bertz CT molecular complexity index is 628. The minimum atomic E-state index is -0.962. The summed E-state index contributed by atoms with van der Waals surface area (Å²) in [6.07, 6.45) is 3.80. The summed E-state index contributed by atoms with van der Waals surface area (Å²) in [6.45, 7) is 6.65. The molecule has 1 saturated carbocycles. The summed E-state index contributed by atoms with van der Waals surface area (Å²) in [6, 6.07) is 0. The maximum absolute atomic E-state index is 12.3. The number of carbonyl (C=O) groups is 2. The molecule has 1 unspecified atom stereocenters. The maximum Gasteiger partial charge on any atom is 0.410 e. The third-order valence-electron chi connectivity index (χ3n) is 4.06. The monoisotopic (exact) mass is 321 g/mol. The van der Waals surface area contributed by atoms with Crippen molar-refractivity contribution in [3.8, 4) is 0 Å². The molecule has 1 amide bonds. The first kappa shape index (κ1) is 15.8. The Labute approximate surface area is 135 Å². The van der Waals surface area contributed by atoms with Crippen LogP contribution in [-0.2, 0) is 22.6 Å². The highest BCUT2D eigenvalue weighted by molar-refractivity contribution is 5.78. The second-order valence-electron chi connectivity index (χ2n) is 7.46. The van der Waals surface area contributed by atoms with Crippen LogP contribution < -0.4 is 0 Å². The Balaban J connectivity index is 1.81. The summed E-state index contributed by atoms with van der Waals surface area (Å²) in [5.41, 5.74) is 0.778. The second kappa shape index (κ2) is 5.54. The number of aromatic nitrogens is 2. The first-order valence-corrected chi connectivity index (χ1v) is 8.00. The minimum absolute atomic E-state index is 0.0949. The van der Waals surface area contributed by atoms with E-state index in [4.69, 9.17) is 4.74 Å². The molecule has 23 heavy (non-hydrogen) atoms. The predicted molar refractivity (Wildman–Crippen MR) is 82.0 cm³/mol. The number of aliphatic carboxylic acids is 1. The molecule has 1 fully saturated rings. The third-order valence-corrected chi connectivity index (χ3v) is 4.06. The van der Waals surface area contributed by atoms with Crippen LogP contribution in [0.1, 0.15) is 50.8 Å². The van der Waals surface area contributed by atoms with Gasteiger partial charge < -0.3 is 14.7 Å². The van der Waals surface area contributed by atoms with Gasteiger partial charge >= 0.3 is 12.1 Å². The molecule has 7 heteroatoms. The van der Waals surface area contributed by atoms with Crippen LogP contribution in [-0.4, -0.2) is 44.0 Å². The Morgan fingerprint density at radius 1 is 1.39 bits per heavy atom. The average Bonchev–Trinajstić information content (AvgIpc) is 3.13. The van der Waals surface area contributed by atoms with Gasteiger partial charge in [-0.25, -0.2) is 4.79 Å². The van der Waals surface area contributed by atoms with Crippen LogP contribution in [0.25, 0.3) is 0 Å². The maximum atomic E-state index is 12.3. The quantitative estimate of drug-likeness (QED) is 0.922. The van der Waals surface area contributed by atoms with Gasteiger partial charge in [0.2, 0.25) is 0 Å². The van der Waals surface area contributed by atoms with E-state index in [1.165, 1.54) is 17.7 Å². The van der Waals surface area contributed by atoms with E-state index < -0.39 is 23.6 Å². The fourth-order valence-electron chi connectivity index (χ4n) is 2.79. The number of amides is 1. The lowest BCUT2D eigenvalue weighted by Gasteiger charge is -2.31. The number of carboxylic acid groups (broad SMARTS) is 1. The highest BCUT2D eigenvalue weighted by Crippen LogP contribution is 2.33. The van der Waals surface area contributed by atoms with Crippen molar-refractivity contribution in [1.82, 2.24) is 14.7 Å². The predicted octanol–water partition coefficient (Wildman–Crippen LogP) is 2.21. The summed E-state index contributed by atoms with van der Waals surface area (Å²) in [4.78, 5) is 25.3. The Kier molecular flexibility index (Phi) is 3.82. The van der Waals surface area contributed by atoms with Crippen molar-refractivity contribution in [2.45, 2.75) is 58.2 Å². The van der Waals surface area contributed by atoms with E-state index in [0.29, 0.717) is 18.2 Å². The molecule has 0 saturated heterocycles. The zero-order valence-corrected chi connectivity index (χ0v) is 13.8. The Hall–Kier alpha value is -2.05. The highest BCUT2D eigenvalue weighted by Gasteiger charge is 2.37. The van der Waals surface area contributed by atoms with E-state index in [1.807, 2.05) is 10.9 Å². The van der Waals surface area contributed by atoms with Crippen LogP contribution in [0.2, 0.25) is 0 Å². The summed E-state index contributed by atoms with van der Waals surface area (Å²) >= 11 is 0. The fourth-order valence-corrected chi connectivity index (χ4v) is 2.79. The Morgan fingerprint density at radius 2 is 2.09 bits per heavy atom. The van der Waals surface area contributed by atoms with Crippen molar-refractivity contribution in [2.75, 3.05) is 6.54 Å². The van der Waals surface area contributed by atoms with Crippen molar-refractivity contribution in [2.24, 2.45) is 5.92 Å². The first-order chi connectivity index (χ1) is 10.7. The molecular formula is C16H23N3O4. The average molecular weight is 321 g/mol. The van der Waals surface area contributed by atoms with Crippen LogP contribution in [0, 0.1) is 5.92 Å². The van der Waals surface area contributed by atoms with Crippen molar-refractivity contribution in [3.63, 3.8) is 0 Å². The topological polar surface area (TPSA) is 84.7 Å². The van der Waals surface area contributed by atoms with Crippen LogP contribution >= 0.6 is 0 Å². The van der Waals surface area contributed by atoms with Crippen molar-refractivity contribution in [1.29, 1.82) is 0 Å². The van der Waals surface area contributed by atoms with Gasteiger partial charge in [-0.05, 0) is 39.5 Å².